The zero-order valence-corrected chi connectivity index (χ0v) is 17.8. The Labute approximate surface area is 182 Å². The van der Waals surface area contributed by atoms with Crippen LogP contribution in [-0.2, 0) is 14.3 Å². The Morgan fingerprint density at radius 1 is 1.29 bits per heavy atom. The van der Waals surface area contributed by atoms with Crippen molar-refractivity contribution in [2.45, 2.75) is 6.10 Å². The fourth-order valence-electron chi connectivity index (χ4n) is 3.28. The first-order chi connectivity index (χ1) is 14.8. The number of nitrogens with one attached hydrogen (secondary N) is 2. The molecule has 0 aliphatic carbocycles. The number of ether oxygens (including phenoxy) is 2. The van der Waals surface area contributed by atoms with Crippen molar-refractivity contribution >= 4 is 40.9 Å². The van der Waals surface area contributed by atoms with Crippen LogP contribution in [0.5, 0.6) is 0 Å². The summed E-state index contributed by atoms with van der Waals surface area (Å²) in [6.45, 7) is 0.836. The van der Waals surface area contributed by atoms with Crippen LogP contribution in [0, 0.1) is 11.6 Å². The monoisotopic (exact) mass is 459 g/mol. The molecule has 0 spiro atoms. The first kappa shape index (κ1) is 22.7. The molecule has 3 amide bonds. The van der Waals surface area contributed by atoms with Gasteiger partial charge in [0.15, 0.2) is 11.6 Å². The molecular formula is C18H23F2N5O5S. The quantitative estimate of drug-likeness (QED) is 0.649. The number of methoxy groups -OCH3 is 1. The summed E-state index contributed by atoms with van der Waals surface area (Å²) in [5.74, 6) is -1.67. The van der Waals surface area contributed by atoms with Crippen molar-refractivity contribution in [3.05, 3.63) is 23.8 Å². The minimum Gasteiger partial charge on any atom is -0.474 e. The molecule has 2 saturated heterocycles. The number of carbonyl (C=O) groups is 2. The largest absolute Gasteiger partial charge is 0.474 e. The van der Waals surface area contributed by atoms with Gasteiger partial charge in [-0.3, -0.25) is 9.74 Å². The zero-order chi connectivity index (χ0) is 22.5. The molecule has 31 heavy (non-hydrogen) atoms. The molecule has 13 heteroatoms. The fraction of sp³-hybridized carbons (Fsp3) is 0.500. The van der Waals surface area contributed by atoms with Crippen molar-refractivity contribution in [1.29, 1.82) is 0 Å². The molecule has 3 rings (SSSR count). The van der Waals surface area contributed by atoms with E-state index in [1.165, 1.54) is 19.1 Å². The van der Waals surface area contributed by atoms with E-state index in [1.54, 1.807) is 0 Å². The van der Waals surface area contributed by atoms with Crippen LogP contribution in [0.15, 0.2) is 12.1 Å². The molecule has 1 aromatic carbocycles. The van der Waals surface area contributed by atoms with Gasteiger partial charge in [-0.25, -0.2) is 23.4 Å². The Morgan fingerprint density at radius 2 is 2.00 bits per heavy atom. The van der Waals surface area contributed by atoms with Gasteiger partial charge in [-0.15, -0.1) is 0 Å². The number of halogens is 2. The predicted octanol–water partition coefficient (Wildman–Crippen LogP) is 1.20. The van der Waals surface area contributed by atoms with Crippen LogP contribution < -0.4 is 20.4 Å². The summed E-state index contributed by atoms with van der Waals surface area (Å²) in [6.07, 6.45) is -1.28. The number of carbonyl (C=O) groups excluding carboxylic acids is 2. The van der Waals surface area contributed by atoms with Gasteiger partial charge in [0.05, 0.1) is 39.0 Å². The lowest BCUT2D eigenvalue weighted by Crippen LogP contribution is -2.39. The number of hydroxylamine groups is 2. The zero-order valence-electron chi connectivity index (χ0n) is 17.0. The number of hydrogen-bond donors (Lipinski definition) is 2. The van der Waals surface area contributed by atoms with E-state index < -0.39 is 29.9 Å². The van der Waals surface area contributed by atoms with Crippen molar-refractivity contribution in [1.82, 2.24) is 15.7 Å². The molecule has 2 heterocycles. The summed E-state index contributed by atoms with van der Waals surface area (Å²) in [5, 5.41) is 6.45. The molecule has 0 saturated carbocycles. The van der Waals surface area contributed by atoms with E-state index in [9.17, 15) is 18.4 Å². The Morgan fingerprint density at radius 3 is 2.65 bits per heavy atom. The van der Waals surface area contributed by atoms with Crippen LogP contribution >= 0.6 is 12.2 Å². The number of amides is 3. The summed E-state index contributed by atoms with van der Waals surface area (Å²) in [6, 6.07) is 1.72. The van der Waals surface area contributed by atoms with Gasteiger partial charge >= 0.3 is 12.1 Å². The number of urea groups is 1. The molecule has 170 valence electrons. The Kier molecular flexibility index (Phi) is 7.28. The van der Waals surface area contributed by atoms with Crippen LogP contribution in [-0.4, -0.2) is 82.0 Å². The maximum absolute atomic E-state index is 14.9. The molecule has 2 aliphatic rings. The van der Waals surface area contributed by atoms with Crippen LogP contribution in [0.1, 0.15) is 0 Å². The second-order valence-corrected chi connectivity index (χ2v) is 7.10. The highest BCUT2D eigenvalue weighted by Crippen LogP contribution is 2.31. The van der Waals surface area contributed by atoms with Crippen LogP contribution in [0.25, 0.3) is 0 Å². The number of rotatable bonds is 4. The maximum atomic E-state index is 14.9. The van der Waals surface area contributed by atoms with Crippen molar-refractivity contribution in [2.24, 2.45) is 0 Å². The number of nitrogens with zero attached hydrogens (tertiary/aromatic N) is 3. The number of anilines is 2. The molecule has 0 bridgehead atoms. The lowest BCUT2D eigenvalue weighted by atomic mass is 10.2. The van der Waals surface area contributed by atoms with Crippen molar-refractivity contribution < 1.29 is 32.7 Å². The van der Waals surface area contributed by atoms with E-state index >= 15 is 0 Å². The van der Waals surface area contributed by atoms with Crippen LogP contribution in [0.2, 0.25) is 0 Å². The molecule has 1 atom stereocenters. The minimum absolute atomic E-state index is 0.0404. The van der Waals surface area contributed by atoms with Gasteiger partial charge in [-0.2, -0.15) is 0 Å². The smallest absolute Gasteiger partial charge is 0.414 e. The molecule has 0 radical (unpaired) electrons. The second-order valence-electron chi connectivity index (χ2n) is 6.72. The normalized spacial score (nSPS) is 19.0. The standard InChI is InChI=1S/C18H23F2N5O5S/c1-21-16(26)25-4-3-23(5-6-29-25)15-13(19)7-11(8-14(15)20)24-10-12(30-18(24)27)9-22-17(31)28-2/h7-8,12H,3-6,9-10H2,1-2H3,(H,21,26)(H,22,31)/t12-/m0/s1. The van der Waals surface area contributed by atoms with Gasteiger partial charge in [-0.05, 0) is 12.2 Å². The number of benzene rings is 1. The SMILES string of the molecule is CNC(=O)N1CCN(c2c(F)cc(N3C[C@H](CNC(=S)OC)OC3=O)cc2F)CCO1. The van der Waals surface area contributed by atoms with Crippen LogP contribution in [0.4, 0.5) is 29.7 Å². The van der Waals surface area contributed by atoms with Crippen LogP contribution in [0.3, 0.4) is 0 Å². The number of thiocarbonyl (C=S) groups is 1. The lowest BCUT2D eigenvalue weighted by Gasteiger charge is -2.24. The third-order valence-corrected chi connectivity index (χ3v) is 5.10. The second kappa shape index (κ2) is 9.92. The van der Waals surface area contributed by atoms with Gasteiger partial charge in [-0.1, -0.05) is 0 Å². The summed E-state index contributed by atoms with van der Waals surface area (Å²) < 4.78 is 39.8. The molecule has 2 fully saturated rings. The van der Waals surface area contributed by atoms with Gasteiger partial charge < -0.3 is 25.0 Å². The van der Waals surface area contributed by atoms with E-state index in [-0.39, 0.29) is 55.9 Å². The summed E-state index contributed by atoms with van der Waals surface area (Å²) >= 11 is 4.87. The van der Waals surface area contributed by atoms with Gasteiger partial charge in [0, 0.05) is 32.3 Å². The van der Waals surface area contributed by atoms with Crippen molar-refractivity contribution in [3.8, 4) is 0 Å². The van der Waals surface area contributed by atoms with Crippen molar-refractivity contribution in [3.63, 3.8) is 0 Å². The third-order valence-electron chi connectivity index (χ3n) is 4.78. The minimum atomic E-state index is -0.835. The molecule has 1 aromatic rings. The first-order valence-electron chi connectivity index (χ1n) is 9.50. The molecule has 10 nitrogen and oxygen atoms in total. The molecule has 2 aliphatic heterocycles. The predicted molar refractivity (Wildman–Crippen MR) is 111 cm³/mol. The topological polar surface area (TPSA) is 95.6 Å². The van der Waals surface area contributed by atoms with Crippen molar-refractivity contribution in [2.75, 3.05) is 63.3 Å². The van der Waals surface area contributed by atoms with Gasteiger partial charge in [0.25, 0.3) is 5.17 Å². The van der Waals surface area contributed by atoms with E-state index in [0.29, 0.717) is 0 Å². The van der Waals surface area contributed by atoms with E-state index in [4.69, 9.17) is 26.5 Å². The average Bonchev–Trinajstić information content (AvgIpc) is 2.95. The summed E-state index contributed by atoms with van der Waals surface area (Å²) in [4.78, 5) is 31.8. The Balaban J connectivity index is 1.71. The average molecular weight is 459 g/mol. The molecule has 0 unspecified atom stereocenters. The van der Waals surface area contributed by atoms with E-state index in [0.717, 1.165) is 22.1 Å². The lowest BCUT2D eigenvalue weighted by molar-refractivity contribution is -0.104. The Hall–Kier alpha value is -2.93. The highest BCUT2D eigenvalue weighted by molar-refractivity contribution is 7.80. The van der Waals surface area contributed by atoms with E-state index in [2.05, 4.69) is 10.6 Å². The highest BCUT2D eigenvalue weighted by atomic mass is 32.1. The van der Waals surface area contributed by atoms with Gasteiger partial charge in [0.2, 0.25) is 0 Å². The number of cyclic esters (lactones) is 1. The molecular weight excluding hydrogens is 436 g/mol. The third kappa shape index (κ3) is 5.22. The van der Waals surface area contributed by atoms with E-state index in [1.807, 2.05) is 0 Å². The fourth-order valence-corrected chi connectivity index (χ4v) is 3.36. The summed E-state index contributed by atoms with van der Waals surface area (Å²) in [7, 11) is 2.87. The molecule has 0 aromatic heterocycles. The number of hydrogen-bond acceptors (Lipinski definition) is 7. The molecule has 2 N–H and O–H groups in total. The first-order valence-corrected chi connectivity index (χ1v) is 9.91. The van der Waals surface area contributed by atoms with Gasteiger partial charge in [0.1, 0.15) is 11.8 Å². The maximum Gasteiger partial charge on any atom is 0.414 e. The Bertz CT molecular complexity index is 838. The summed E-state index contributed by atoms with van der Waals surface area (Å²) in [5.41, 5.74) is -0.207. The highest BCUT2D eigenvalue weighted by Gasteiger charge is 2.34.